The molecule has 3 rings (SSSR count). The summed E-state index contributed by atoms with van der Waals surface area (Å²) in [6, 6.07) is 13.8. The summed E-state index contributed by atoms with van der Waals surface area (Å²) in [6.07, 6.45) is 1.86. The van der Waals surface area contributed by atoms with E-state index in [4.69, 9.17) is 0 Å². The van der Waals surface area contributed by atoms with Crippen LogP contribution in [0.4, 0.5) is 11.4 Å². The molecule has 1 aromatic heterocycles. The van der Waals surface area contributed by atoms with Crippen molar-refractivity contribution in [1.82, 2.24) is 4.98 Å². The van der Waals surface area contributed by atoms with Crippen molar-refractivity contribution in [2.45, 2.75) is 0 Å². The predicted octanol–water partition coefficient (Wildman–Crippen LogP) is 6.11. The van der Waals surface area contributed by atoms with E-state index in [-0.39, 0.29) is 0 Å². The molecule has 0 fully saturated rings. The Labute approximate surface area is 127 Å². The van der Waals surface area contributed by atoms with Crippen LogP contribution in [0.1, 0.15) is 0 Å². The van der Waals surface area contributed by atoms with E-state index in [0.717, 1.165) is 31.2 Å². The highest BCUT2D eigenvalue weighted by Gasteiger charge is 2.02. The van der Waals surface area contributed by atoms with Gasteiger partial charge in [-0.15, -0.1) is 10.2 Å². The van der Waals surface area contributed by atoms with Gasteiger partial charge in [-0.05, 0) is 40.2 Å². The van der Waals surface area contributed by atoms with E-state index in [0.29, 0.717) is 0 Å². The average molecular weight is 379 g/mol. The van der Waals surface area contributed by atoms with Crippen LogP contribution in [-0.2, 0) is 0 Å². The molecule has 94 valence electrons. The number of nitrogens with one attached hydrogen (secondary N) is 1. The van der Waals surface area contributed by atoms with Gasteiger partial charge in [-0.3, -0.25) is 0 Å². The lowest BCUT2D eigenvalue weighted by Crippen LogP contribution is -1.69. The van der Waals surface area contributed by atoms with Crippen molar-refractivity contribution in [3.05, 3.63) is 57.6 Å². The first-order valence-electron chi connectivity index (χ1n) is 5.67. The molecule has 0 amide bonds. The van der Waals surface area contributed by atoms with Gasteiger partial charge >= 0.3 is 0 Å². The first-order chi connectivity index (χ1) is 9.24. The highest BCUT2D eigenvalue weighted by Crippen LogP contribution is 2.31. The van der Waals surface area contributed by atoms with Crippen molar-refractivity contribution >= 4 is 54.1 Å². The van der Waals surface area contributed by atoms with Crippen molar-refractivity contribution in [3.8, 4) is 0 Å². The molecule has 1 heterocycles. The Morgan fingerprint density at radius 3 is 2.53 bits per heavy atom. The van der Waals surface area contributed by atoms with Gasteiger partial charge < -0.3 is 4.98 Å². The lowest BCUT2D eigenvalue weighted by molar-refractivity contribution is 1.23. The van der Waals surface area contributed by atoms with Crippen LogP contribution in [-0.4, -0.2) is 4.98 Å². The summed E-state index contributed by atoms with van der Waals surface area (Å²) in [5.74, 6) is 0. The van der Waals surface area contributed by atoms with Gasteiger partial charge in [-0.1, -0.05) is 34.1 Å². The second-order valence-electron chi connectivity index (χ2n) is 4.02. The number of halogens is 2. The Hall–Kier alpha value is -1.46. The van der Waals surface area contributed by atoms with Crippen molar-refractivity contribution in [2.75, 3.05) is 0 Å². The van der Waals surface area contributed by atoms with E-state index in [1.165, 1.54) is 0 Å². The van der Waals surface area contributed by atoms with Crippen molar-refractivity contribution in [3.63, 3.8) is 0 Å². The van der Waals surface area contributed by atoms with Crippen LogP contribution in [0.25, 0.3) is 10.9 Å². The summed E-state index contributed by atoms with van der Waals surface area (Å²) in [5, 5.41) is 9.65. The predicted molar refractivity (Wildman–Crippen MR) is 84.3 cm³/mol. The lowest BCUT2D eigenvalue weighted by atomic mass is 10.2. The molecule has 0 unspecified atom stereocenters. The van der Waals surface area contributed by atoms with Crippen LogP contribution in [0.5, 0.6) is 0 Å². The summed E-state index contributed by atoms with van der Waals surface area (Å²) < 4.78 is 1.91. The maximum atomic E-state index is 4.30. The molecule has 0 atom stereocenters. The molecule has 2 aromatic carbocycles. The van der Waals surface area contributed by atoms with E-state index >= 15 is 0 Å². The van der Waals surface area contributed by atoms with Gasteiger partial charge in [0.2, 0.25) is 0 Å². The van der Waals surface area contributed by atoms with E-state index in [1.54, 1.807) is 0 Å². The molecule has 5 heteroatoms. The quantitative estimate of drug-likeness (QED) is 0.522. The van der Waals surface area contributed by atoms with Gasteiger partial charge in [0.05, 0.1) is 5.69 Å². The third-order valence-corrected chi connectivity index (χ3v) is 3.87. The van der Waals surface area contributed by atoms with Gasteiger partial charge in [0, 0.05) is 26.0 Å². The van der Waals surface area contributed by atoms with Crippen molar-refractivity contribution in [1.29, 1.82) is 0 Å². The molecule has 1 N–H and O–H groups in total. The third-order valence-electron chi connectivity index (χ3n) is 2.74. The number of rotatable bonds is 2. The van der Waals surface area contributed by atoms with E-state index in [1.807, 2.05) is 48.7 Å². The number of azo groups is 1. The van der Waals surface area contributed by atoms with Gasteiger partial charge in [0.1, 0.15) is 5.69 Å². The number of para-hydroxylation sites is 1. The molecule has 0 spiro atoms. The number of benzene rings is 2. The second kappa shape index (κ2) is 5.27. The van der Waals surface area contributed by atoms with Crippen LogP contribution < -0.4 is 0 Å². The van der Waals surface area contributed by atoms with Gasteiger partial charge in [0.25, 0.3) is 0 Å². The Balaban J connectivity index is 1.98. The van der Waals surface area contributed by atoms with E-state index in [2.05, 4.69) is 47.1 Å². The highest BCUT2D eigenvalue weighted by molar-refractivity contribution is 9.11. The minimum atomic E-state index is 0.800. The van der Waals surface area contributed by atoms with E-state index < -0.39 is 0 Å². The largest absolute Gasteiger partial charge is 0.359 e. The molecular formula is C14H9Br2N3. The molecule has 3 aromatic rings. The number of aromatic amines is 1. The summed E-state index contributed by atoms with van der Waals surface area (Å²) in [7, 11) is 0. The standard InChI is InChI=1S/C14H9Br2N3/c15-9-5-6-13(11(16)7-9)18-19-14-8-17-12-4-2-1-3-10(12)14/h1-8,17H. The molecule has 0 bridgehead atoms. The van der Waals surface area contributed by atoms with E-state index in [9.17, 15) is 0 Å². The zero-order valence-corrected chi connectivity index (χ0v) is 12.9. The molecule has 0 radical (unpaired) electrons. The van der Waals surface area contributed by atoms with Gasteiger partial charge in [0.15, 0.2) is 0 Å². The Bertz CT molecular complexity index is 762. The van der Waals surface area contributed by atoms with Gasteiger partial charge in [-0.25, -0.2) is 0 Å². The first-order valence-corrected chi connectivity index (χ1v) is 7.25. The zero-order chi connectivity index (χ0) is 13.2. The van der Waals surface area contributed by atoms with Crippen molar-refractivity contribution in [2.24, 2.45) is 10.2 Å². The molecule has 0 saturated heterocycles. The summed E-state index contributed by atoms with van der Waals surface area (Å²) in [6.45, 7) is 0. The van der Waals surface area contributed by atoms with Crippen LogP contribution in [0.3, 0.4) is 0 Å². The van der Waals surface area contributed by atoms with Crippen LogP contribution in [0.15, 0.2) is 67.8 Å². The molecule has 19 heavy (non-hydrogen) atoms. The summed E-state index contributed by atoms with van der Waals surface area (Å²) >= 11 is 6.88. The van der Waals surface area contributed by atoms with Crippen LogP contribution in [0, 0.1) is 0 Å². The van der Waals surface area contributed by atoms with Crippen LogP contribution in [0.2, 0.25) is 0 Å². The fraction of sp³-hybridized carbons (Fsp3) is 0. The number of aromatic nitrogens is 1. The molecule has 3 nitrogen and oxygen atoms in total. The average Bonchev–Trinajstić information content (AvgIpc) is 2.81. The van der Waals surface area contributed by atoms with Crippen LogP contribution >= 0.6 is 31.9 Å². The minimum absolute atomic E-state index is 0.800. The SMILES string of the molecule is Brc1ccc(N=Nc2c[nH]c3ccccc23)c(Br)c1. The molecule has 0 saturated carbocycles. The lowest BCUT2D eigenvalue weighted by Gasteiger charge is -1.97. The molecular weight excluding hydrogens is 370 g/mol. The summed E-state index contributed by atoms with van der Waals surface area (Å²) in [5.41, 5.74) is 2.70. The number of H-pyrrole nitrogens is 1. The minimum Gasteiger partial charge on any atom is -0.359 e. The Morgan fingerprint density at radius 1 is 0.895 bits per heavy atom. The number of hydrogen-bond donors (Lipinski definition) is 1. The maximum Gasteiger partial charge on any atom is 0.111 e. The first kappa shape index (κ1) is 12.6. The maximum absolute atomic E-state index is 4.30. The Morgan fingerprint density at radius 2 is 1.68 bits per heavy atom. The highest BCUT2D eigenvalue weighted by atomic mass is 79.9. The second-order valence-corrected chi connectivity index (χ2v) is 5.79. The Kier molecular flexibility index (Phi) is 3.48. The topological polar surface area (TPSA) is 40.5 Å². The molecule has 0 aliphatic heterocycles. The fourth-order valence-electron chi connectivity index (χ4n) is 1.81. The number of hydrogen-bond acceptors (Lipinski definition) is 2. The number of nitrogens with zero attached hydrogens (tertiary/aromatic N) is 2. The number of fused-ring (bicyclic) bond motifs is 1. The molecule has 0 aliphatic rings. The zero-order valence-electron chi connectivity index (χ0n) is 9.77. The fourth-order valence-corrected chi connectivity index (χ4v) is 2.94. The molecule has 0 aliphatic carbocycles. The summed E-state index contributed by atoms with van der Waals surface area (Å²) in [4.78, 5) is 3.18. The van der Waals surface area contributed by atoms with Gasteiger partial charge in [-0.2, -0.15) is 0 Å². The van der Waals surface area contributed by atoms with Crippen molar-refractivity contribution < 1.29 is 0 Å². The monoisotopic (exact) mass is 377 g/mol. The third kappa shape index (κ3) is 2.62. The smallest absolute Gasteiger partial charge is 0.111 e. The normalized spacial score (nSPS) is 11.5.